The Hall–Kier alpha value is -0.880. The lowest BCUT2D eigenvalue weighted by Crippen LogP contribution is -2.03. The standard InChI is InChI=1S/C7H7O3P.C4H10O3/c8-11(9)10-6-7-4-2-1-3-5-7;5-1-3-7-4-2-6/h1-5H,6H2;5-6H,1-4H2/p+1. The molecule has 0 spiro atoms. The van der Waals surface area contributed by atoms with Crippen molar-refractivity contribution in [2.75, 3.05) is 26.4 Å². The zero-order chi connectivity index (χ0) is 13.6. The van der Waals surface area contributed by atoms with Crippen molar-refractivity contribution >= 4 is 8.25 Å². The maximum atomic E-state index is 10.1. The van der Waals surface area contributed by atoms with E-state index in [1.54, 1.807) is 0 Å². The molecule has 1 rings (SSSR count). The number of benzene rings is 1. The number of hydrogen-bond acceptors (Lipinski definition) is 5. The van der Waals surface area contributed by atoms with Gasteiger partial charge in [0.1, 0.15) is 6.61 Å². The van der Waals surface area contributed by atoms with Crippen LogP contribution in [0.15, 0.2) is 30.3 Å². The molecule has 1 atom stereocenters. The number of aliphatic hydroxyl groups is 2. The molecular weight excluding hydrogens is 259 g/mol. The fraction of sp³-hybridized carbons (Fsp3) is 0.455. The van der Waals surface area contributed by atoms with E-state index in [-0.39, 0.29) is 19.8 Å². The molecule has 6 nitrogen and oxygen atoms in total. The summed E-state index contributed by atoms with van der Waals surface area (Å²) in [4.78, 5) is 8.30. The quantitative estimate of drug-likeness (QED) is 0.505. The third-order valence-corrected chi connectivity index (χ3v) is 2.01. The lowest BCUT2D eigenvalue weighted by molar-refractivity contribution is 0.0650. The van der Waals surface area contributed by atoms with Crippen LogP contribution in [-0.2, 0) is 20.4 Å². The van der Waals surface area contributed by atoms with Crippen LogP contribution in [-0.4, -0.2) is 41.5 Å². The van der Waals surface area contributed by atoms with Gasteiger partial charge < -0.3 is 14.9 Å². The molecule has 0 aromatic heterocycles. The summed E-state index contributed by atoms with van der Waals surface area (Å²) in [5, 5.41) is 16.2. The van der Waals surface area contributed by atoms with E-state index < -0.39 is 8.25 Å². The van der Waals surface area contributed by atoms with Crippen molar-refractivity contribution in [3.63, 3.8) is 0 Å². The van der Waals surface area contributed by atoms with Crippen LogP contribution in [0, 0.1) is 0 Å². The minimum Gasteiger partial charge on any atom is -0.394 e. The molecule has 102 valence electrons. The van der Waals surface area contributed by atoms with Crippen molar-refractivity contribution in [2.24, 2.45) is 0 Å². The molecule has 1 aromatic rings. The molecule has 18 heavy (non-hydrogen) atoms. The number of aliphatic hydroxyl groups excluding tert-OH is 2. The highest BCUT2D eigenvalue weighted by atomic mass is 31.1. The highest BCUT2D eigenvalue weighted by Crippen LogP contribution is 2.17. The average molecular weight is 277 g/mol. The highest BCUT2D eigenvalue weighted by Gasteiger charge is 2.10. The summed E-state index contributed by atoms with van der Waals surface area (Å²) in [5.74, 6) is 0. The maximum Gasteiger partial charge on any atom is 0.695 e. The molecule has 0 aliphatic heterocycles. The number of rotatable bonds is 7. The Bertz CT molecular complexity index is 302. The van der Waals surface area contributed by atoms with Gasteiger partial charge in [-0.3, -0.25) is 0 Å². The number of ether oxygens (including phenoxy) is 1. The normalized spacial score (nSPS) is 10.5. The van der Waals surface area contributed by atoms with Crippen LogP contribution in [0.4, 0.5) is 0 Å². The zero-order valence-corrected chi connectivity index (χ0v) is 10.8. The first-order valence-electron chi connectivity index (χ1n) is 5.33. The predicted octanol–water partition coefficient (Wildman–Crippen LogP) is 0.840. The van der Waals surface area contributed by atoms with Crippen molar-refractivity contribution in [3.05, 3.63) is 35.9 Å². The Kier molecular flexibility index (Phi) is 12.0. The van der Waals surface area contributed by atoms with Gasteiger partial charge in [-0.05, 0) is 5.56 Å². The first kappa shape index (κ1) is 17.1. The second-order valence-corrected chi connectivity index (χ2v) is 3.79. The van der Waals surface area contributed by atoms with Crippen LogP contribution < -0.4 is 0 Å². The fourth-order valence-electron chi connectivity index (χ4n) is 0.935. The van der Waals surface area contributed by atoms with E-state index in [2.05, 4.69) is 9.26 Å². The Labute approximate surface area is 107 Å². The molecule has 0 saturated heterocycles. The second kappa shape index (κ2) is 12.6. The largest absolute Gasteiger partial charge is 0.695 e. The lowest BCUT2D eigenvalue weighted by atomic mass is 10.2. The van der Waals surface area contributed by atoms with Crippen molar-refractivity contribution in [1.82, 2.24) is 0 Å². The summed E-state index contributed by atoms with van der Waals surface area (Å²) >= 11 is 0. The van der Waals surface area contributed by atoms with Crippen molar-refractivity contribution in [2.45, 2.75) is 6.61 Å². The van der Waals surface area contributed by atoms with Gasteiger partial charge in [0.2, 0.25) is 0 Å². The Balaban J connectivity index is 0.000000360. The minimum atomic E-state index is -2.47. The molecule has 1 unspecified atom stereocenters. The molecule has 0 amide bonds. The smallest absolute Gasteiger partial charge is 0.394 e. The molecule has 0 aliphatic carbocycles. The summed E-state index contributed by atoms with van der Waals surface area (Å²) < 4.78 is 19.2. The lowest BCUT2D eigenvalue weighted by Gasteiger charge is -1.94. The Morgan fingerprint density at radius 1 is 1.06 bits per heavy atom. The van der Waals surface area contributed by atoms with E-state index in [1.165, 1.54) is 0 Å². The van der Waals surface area contributed by atoms with E-state index >= 15 is 0 Å². The van der Waals surface area contributed by atoms with Crippen LogP contribution in [0.1, 0.15) is 5.56 Å². The van der Waals surface area contributed by atoms with Gasteiger partial charge in [-0.25, -0.2) is 0 Å². The molecule has 3 N–H and O–H groups in total. The van der Waals surface area contributed by atoms with Gasteiger partial charge in [-0.1, -0.05) is 30.3 Å². The van der Waals surface area contributed by atoms with E-state index in [9.17, 15) is 4.57 Å². The third-order valence-electron chi connectivity index (χ3n) is 1.66. The fourth-order valence-corrected chi connectivity index (χ4v) is 1.19. The van der Waals surface area contributed by atoms with Gasteiger partial charge in [0.25, 0.3) is 0 Å². The van der Waals surface area contributed by atoms with Gasteiger partial charge in [0.15, 0.2) is 0 Å². The monoisotopic (exact) mass is 277 g/mol. The van der Waals surface area contributed by atoms with Crippen LogP contribution in [0.3, 0.4) is 0 Å². The maximum absolute atomic E-state index is 10.1. The van der Waals surface area contributed by atoms with Crippen LogP contribution >= 0.6 is 8.25 Å². The van der Waals surface area contributed by atoms with Crippen molar-refractivity contribution < 1.29 is 28.9 Å². The molecule has 0 fully saturated rings. The van der Waals surface area contributed by atoms with E-state index in [1.807, 2.05) is 30.3 Å². The first-order chi connectivity index (χ1) is 8.70. The van der Waals surface area contributed by atoms with Crippen LogP contribution in [0.25, 0.3) is 0 Å². The van der Waals surface area contributed by atoms with E-state index in [0.717, 1.165) is 5.56 Å². The molecule has 1 aromatic carbocycles. The molecule has 0 radical (unpaired) electrons. The SMILES string of the molecule is O=[P+](O)OCc1ccccc1.OCCOCCO. The summed E-state index contributed by atoms with van der Waals surface area (Å²) in [6.45, 7) is 0.883. The molecule has 0 aliphatic rings. The topological polar surface area (TPSA) is 96.2 Å². The van der Waals surface area contributed by atoms with Crippen LogP contribution in [0.2, 0.25) is 0 Å². The predicted molar refractivity (Wildman–Crippen MR) is 66.0 cm³/mol. The summed E-state index contributed by atoms with van der Waals surface area (Å²) in [7, 11) is -2.47. The highest BCUT2D eigenvalue weighted by molar-refractivity contribution is 7.32. The molecule has 0 saturated carbocycles. The third kappa shape index (κ3) is 11.6. The Morgan fingerprint density at radius 3 is 2.06 bits per heavy atom. The van der Waals surface area contributed by atoms with Crippen molar-refractivity contribution in [1.29, 1.82) is 0 Å². The van der Waals surface area contributed by atoms with E-state index in [4.69, 9.17) is 15.1 Å². The molecular formula is C11H18O6P+. The van der Waals surface area contributed by atoms with Gasteiger partial charge in [-0.2, -0.15) is 0 Å². The second-order valence-electron chi connectivity index (χ2n) is 3.06. The summed E-state index contributed by atoms with van der Waals surface area (Å²) in [6, 6.07) is 9.24. The molecule has 0 bridgehead atoms. The first-order valence-corrected chi connectivity index (χ1v) is 6.46. The summed E-state index contributed by atoms with van der Waals surface area (Å²) in [6.07, 6.45) is 0. The summed E-state index contributed by atoms with van der Waals surface area (Å²) in [5.41, 5.74) is 0.893. The minimum absolute atomic E-state index is 0.0278. The number of hydrogen-bond donors (Lipinski definition) is 3. The zero-order valence-electron chi connectivity index (χ0n) is 9.94. The van der Waals surface area contributed by atoms with Gasteiger partial charge in [0, 0.05) is 4.57 Å². The average Bonchev–Trinajstić information content (AvgIpc) is 2.39. The van der Waals surface area contributed by atoms with Crippen molar-refractivity contribution in [3.8, 4) is 0 Å². The van der Waals surface area contributed by atoms with Crippen LogP contribution in [0.5, 0.6) is 0 Å². The van der Waals surface area contributed by atoms with Gasteiger partial charge >= 0.3 is 8.25 Å². The molecule has 0 heterocycles. The Morgan fingerprint density at radius 2 is 1.61 bits per heavy atom. The van der Waals surface area contributed by atoms with E-state index in [0.29, 0.717) is 13.2 Å². The molecule has 7 heteroatoms. The van der Waals surface area contributed by atoms with Gasteiger partial charge in [0.05, 0.1) is 26.4 Å². The van der Waals surface area contributed by atoms with Gasteiger partial charge in [-0.15, -0.1) is 9.42 Å².